The molecule has 5 aromatic rings. The van der Waals surface area contributed by atoms with E-state index in [1.54, 1.807) is 0 Å². The van der Waals surface area contributed by atoms with Crippen LogP contribution in [0.5, 0.6) is 0 Å². The summed E-state index contributed by atoms with van der Waals surface area (Å²) in [6, 6.07) is 28.7. The van der Waals surface area contributed by atoms with Gasteiger partial charge in [0.05, 0.1) is 78.2 Å². The fourth-order valence-corrected chi connectivity index (χ4v) is 14.9. The minimum Gasteiger partial charge on any atom is -0.461 e. The highest BCUT2D eigenvalue weighted by atomic mass is 16.6. The Kier molecular flexibility index (Phi) is 17.2. The third-order valence-corrected chi connectivity index (χ3v) is 18.7. The molecule has 398 valence electrons. The number of carbonyl (C=O) groups excluding carboxylic acids is 3. The predicted molar refractivity (Wildman–Crippen MR) is 285 cm³/mol. The maximum Gasteiger partial charge on any atom is 0.339 e. The summed E-state index contributed by atoms with van der Waals surface area (Å²) in [7, 11) is 0. The van der Waals surface area contributed by atoms with Gasteiger partial charge in [-0.3, -0.25) is 14.5 Å². The van der Waals surface area contributed by atoms with Crippen molar-refractivity contribution in [2.24, 2.45) is 46.3 Å². The van der Waals surface area contributed by atoms with Gasteiger partial charge in [-0.15, -0.1) is 0 Å². The second kappa shape index (κ2) is 24.1. The van der Waals surface area contributed by atoms with E-state index in [9.17, 15) is 14.4 Å². The number of hydrogen-bond acceptors (Lipinski definition) is 12. The van der Waals surface area contributed by atoms with E-state index in [4.69, 9.17) is 37.9 Å². The molecule has 0 bridgehead atoms. The number of esters is 3. The van der Waals surface area contributed by atoms with E-state index >= 15 is 0 Å². The average Bonchev–Trinajstić information content (AvgIpc) is 3.79. The van der Waals surface area contributed by atoms with Crippen molar-refractivity contribution in [3.05, 3.63) is 96.1 Å². The molecule has 5 aromatic carbocycles. The fraction of sp³-hybridized carbons (Fsp3) is 0.597. The van der Waals surface area contributed by atoms with Crippen molar-refractivity contribution < 1.29 is 52.3 Å². The van der Waals surface area contributed by atoms with Crippen molar-refractivity contribution in [2.75, 3.05) is 85.7 Å². The molecule has 4 aliphatic carbocycles. The van der Waals surface area contributed by atoms with Gasteiger partial charge in [-0.1, -0.05) is 99.6 Å². The van der Waals surface area contributed by atoms with Crippen LogP contribution in [-0.2, 0) is 54.1 Å². The maximum atomic E-state index is 14.6. The molecule has 0 N–H and O–H groups in total. The molecule has 0 amide bonds. The first-order chi connectivity index (χ1) is 36.1. The van der Waals surface area contributed by atoms with Crippen LogP contribution in [0.25, 0.3) is 32.3 Å². The Balaban J connectivity index is 0.850. The summed E-state index contributed by atoms with van der Waals surface area (Å²) >= 11 is 0. The summed E-state index contributed by atoms with van der Waals surface area (Å²) < 4.78 is 48.1. The first-order valence-electron chi connectivity index (χ1n) is 28.0. The molecule has 1 heterocycles. The standard InChI is InChI=1S/C62H79NO11/c1-42(12-21-55(64)72-41-43-8-5-4-6-9-43)51-19-20-52-59-53(23-25-62(51,52)3)61(2)24-22-48(73-60(66)50-18-16-46-14-13-44-10-7-11-45-15-17-49(50)58(46)57(44)45)38-47(61)39-54(59)74-56(65)40-63-26-28-67-30-32-69-34-36-71-37-35-70-33-31-68-29-27-63/h4-11,13-18,42,47-48,51-54,59H,12,19-41H2,1-3H3/t42-,47+,48-,51-,52+,53+,54-,59+,61+,62-/m1/s1. The maximum absolute atomic E-state index is 14.6. The largest absolute Gasteiger partial charge is 0.461 e. The molecule has 0 unspecified atom stereocenters. The molecule has 1 saturated heterocycles. The summed E-state index contributed by atoms with van der Waals surface area (Å²) in [5.74, 6) is 1.34. The zero-order chi connectivity index (χ0) is 51.1. The molecule has 74 heavy (non-hydrogen) atoms. The van der Waals surface area contributed by atoms with Gasteiger partial charge in [0.1, 0.15) is 18.8 Å². The Morgan fingerprint density at radius 3 is 1.92 bits per heavy atom. The van der Waals surface area contributed by atoms with Crippen molar-refractivity contribution >= 4 is 50.2 Å². The summed E-state index contributed by atoms with van der Waals surface area (Å²) in [6.45, 7) is 13.6. The van der Waals surface area contributed by atoms with Crippen LogP contribution < -0.4 is 0 Å². The lowest BCUT2D eigenvalue weighted by Crippen LogP contribution is -2.59. The van der Waals surface area contributed by atoms with Crippen LogP contribution in [-0.4, -0.2) is 121 Å². The summed E-state index contributed by atoms with van der Waals surface area (Å²) in [4.78, 5) is 44.1. The van der Waals surface area contributed by atoms with E-state index in [0.29, 0.717) is 121 Å². The topological polar surface area (TPSA) is 128 Å². The number of hydrogen-bond donors (Lipinski definition) is 0. The van der Waals surface area contributed by atoms with Crippen LogP contribution >= 0.6 is 0 Å². The number of ether oxygens (including phenoxy) is 8. The number of nitrogens with zero attached hydrogens (tertiary/aromatic N) is 1. The summed E-state index contributed by atoms with van der Waals surface area (Å²) in [6.07, 6.45) is 8.31. The molecule has 5 fully saturated rings. The van der Waals surface area contributed by atoms with Crippen LogP contribution in [0.1, 0.15) is 101 Å². The Morgan fingerprint density at radius 1 is 0.622 bits per heavy atom. The van der Waals surface area contributed by atoms with Gasteiger partial charge in [0, 0.05) is 25.4 Å². The SMILES string of the molecule is C[C@H](CCC(=O)OCc1ccccc1)[C@H]1CC[C@H]2[C@@H]3[C@H](OC(=O)CN4CCOCCOCCOCCOCCOCC4)C[C@@H]4C[C@H](OC(=O)c5ccc6ccc7cccc8ccc5c6c78)CC[C@]4(C)[C@H]3CC[C@]12C. The molecule has 0 radical (unpaired) electrons. The highest BCUT2D eigenvalue weighted by Crippen LogP contribution is 2.69. The molecule has 4 saturated carbocycles. The van der Waals surface area contributed by atoms with Crippen LogP contribution in [0, 0.1) is 46.3 Å². The zero-order valence-electron chi connectivity index (χ0n) is 44.1. The fourth-order valence-electron chi connectivity index (χ4n) is 14.9. The highest BCUT2D eigenvalue weighted by Gasteiger charge is 2.64. The first kappa shape index (κ1) is 52.7. The van der Waals surface area contributed by atoms with Crippen molar-refractivity contribution in [1.82, 2.24) is 4.90 Å². The molecule has 1 aliphatic heterocycles. The van der Waals surface area contributed by atoms with Gasteiger partial charge >= 0.3 is 17.9 Å². The molecular weight excluding hydrogens is 935 g/mol. The molecule has 10 atom stereocenters. The molecule has 0 spiro atoms. The quantitative estimate of drug-likeness (QED) is 0.0710. The molecule has 12 heteroatoms. The van der Waals surface area contributed by atoms with E-state index in [1.807, 2.05) is 36.4 Å². The summed E-state index contributed by atoms with van der Waals surface area (Å²) in [5.41, 5.74) is 1.67. The van der Waals surface area contributed by atoms with Crippen LogP contribution in [0.15, 0.2) is 84.9 Å². The lowest BCUT2D eigenvalue weighted by atomic mass is 9.43. The third-order valence-electron chi connectivity index (χ3n) is 18.7. The van der Waals surface area contributed by atoms with Crippen LogP contribution in [0.3, 0.4) is 0 Å². The Labute approximate surface area is 437 Å². The number of fused-ring (bicyclic) bond motifs is 5. The molecule has 5 aliphatic rings. The van der Waals surface area contributed by atoms with Gasteiger partial charge in [0.25, 0.3) is 0 Å². The molecule has 12 nitrogen and oxygen atoms in total. The Hall–Kier alpha value is -4.69. The minimum absolute atomic E-state index is 0.0107. The van der Waals surface area contributed by atoms with Crippen LogP contribution in [0.4, 0.5) is 0 Å². The van der Waals surface area contributed by atoms with Gasteiger partial charge < -0.3 is 37.9 Å². The van der Waals surface area contributed by atoms with Crippen molar-refractivity contribution in [1.29, 1.82) is 0 Å². The first-order valence-corrected chi connectivity index (χ1v) is 28.0. The second-order valence-electron chi connectivity index (χ2n) is 22.8. The number of rotatable bonds is 11. The zero-order valence-corrected chi connectivity index (χ0v) is 44.1. The normalized spacial score (nSPS) is 30.3. The van der Waals surface area contributed by atoms with Gasteiger partial charge in [-0.2, -0.15) is 0 Å². The van der Waals surface area contributed by atoms with E-state index < -0.39 is 0 Å². The van der Waals surface area contributed by atoms with E-state index in [1.165, 1.54) is 5.39 Å². The van der Waals surface area contributed by atoms with Crippen LogP contribution in [0.2, 0.25) is 0 Å². The van der Waals surface area contributed by atoms with Crippen molar-refractivity contribution in [2.45, 2.75) is 104 Å². The Morgan fingerprint density at radius 2 is 1.23 bits per heavy atom. The lowest BCUT2D eigenvalue weighted by Gasteiger charge is -2.63. The minimum atomic E-state index is -0.269. The van der Waals surface area contributed by atoms with Gasteiger partial charge in [0.15, 0.2) is 0 Å². The monoisotopic (exact) mass is 1010 g/mol. The van der Waals surface area contributed by atoms with Crippen molar-refractivity contribution in [3.8, 4) is 0 Å². The predicted octanol–water partition coefficient (Wildman–Crippen LogP) is 10.8. The van der Waals surface area contributed by atoms with Gasteiger partial charge in [0.2, 0.25) is 0 Å². The number of benzene rings is 5. The Bertz CT molecular complexity index is 2630. The molecule has 10 rings (SSSR count). The average molecular weight is 1010 g/mol. The lowest BCUT2D eigenvalue weighted by molar-refractivity contribution is -0.196. The van der Waals surface area contributed by atoms with Gasteiger partial charge in [-0.05, 0) is 142 Å². The van der Waals surface area contributed by atoms with E-state index in [2.05, 4.69) is 74.2 Å². The smallest absolute Gasteiger partial charge is 0.339 e. The third kappa shape index (κ3) is 11.7. The highest BCUT2D eigenvalue weighted by molar-refractivity contribution is 6.26. The van der Waals surface area contributed by atoms with E-state index in [0.717, 1.165) is 90.3 Å². The molecule has 0 aromatic heterocycles. The number of carbonyl (C=O) groups is 3. The van der Waals surface area contributed by atoms with Crippen molar-refractivity contribution in [3.63, 3.8) is 0 Å². The summed E-state index contributed by atoms with van der Waals surface area (Å²) in [5, 5.41) is 6.67. The van der Waals surface area contributed by atoms with E-state index in [-0.39, 0.29) is 59.3 Å². The van der Waals surface area contributed by atoms with Gasteiger partial charge in [-0.25, -0.2) is 4.79 Å². The second-order valence-corrected chi connectivity index (χ2v) is 22.8. The molecular formula is C62H79NO11.